The number of amides is 1. The van der Waals surface area contributed by atoms with Crippen molar-refractivity contribution in [2.75, 3.05) is 20.3 Å². The number of carbonyl (C=O) groups excluding carboxylic acids is 1. The van der Waals surface area contributed by atoms with Gasteiger partial charge in [-0.3, -0.25) is 9.48 Å². The summed E-state index contributed by atoms with van der Waals surface area (Å²) in [5.41, 5.74) is 0.843. The molecule has 0 bridgehead atoms. The van der Waals surface area contributed by atoms with Crippen molar-refractivity contribution < 1.29 is 14.6 Å². The van der Waals surface area contributed by atoms with Crippen molar-refractivity contribution in [3.8, 4) is 0 Å². The maximum absolute atomic E-state index is 11.5. The number of aliphatic hydroxyl groups excluding tert-OH is 1. The molecule has 0 radical (unpaired) electrons. The van der Waals surface area contributed by atoms with Crippen LogP contribution in [-0.2, 0) is 16.6 Å². The van der Waals surface area contributed by atoms with E-state index in [1.54, 1.807) is 30.2 Å². The summed E-state index contributed by atoms with van der Waals surface area (Å²) in [6.45, 7) is 0.128. The summed E-state index contributed by atoms with van der Waals surface area (Å²) in [4.78, 5) is 11.5. The summed E-state index contributed by atoms with van der Waals surface area (Å²) in [7, 11) is 3.32. The van der Waals surface area contributed by atoms with Gasteiger partial charge in [0, 0.05) is 32.0 Å². The molecule has 0 aromatic carbocycles. The molecule has 0 fully saturated rings. The minimum absolute atomic E-state index is 0.152. The molecular formula is C11H17N3O3. The third-order valence-corrected chi connectivity index (χ3v) is 2.09. The Balaban J connectivity index is 2.45. The molecule has 1 atom stereocenters. The zero-order chi connectivity index (χ0) is 12.7. The van der Waals surface area contributed by atoms with E-state index in [4.69, 9.17) is 9.84 Å². The van der Waals surface area contributed by atoms with E-state index in [0.717, 1.165) is 5.56 Å². The lowest BCUT2D eigenvalue weighted by molar-refractivity contribution is -0.117. The average Bonchev–Trinajstić information content (AvgIpc) is 2.72. The molecule has 1 aromatic rings. The maximum atomic E-state index is 11.5. The molecule has 17 heavy (non-hydrogen) atoms. The molecule has 1 heterocycles. The quantitative estimate of drug-likeness (QED) is 0.660. The number of methoxy groups -OCH3 is 1. The van der Waals surface area contributed by atoms with Crippen LogP contribution >= 0.6 is 0 Å². The highest BCUT2D eigenvalue weighted by Crippen LogP contribution is 1.98. The number of ether oxygens (including phenoxy) is 1. The minimum Gasteiger partial charge on any atom is -0.394 e. The number of nitrogens with zero attached hydrogens (tertiary/aromatic N) is 2. The van der Waals surface area contributed by atoms with Crippen LogP contribution in [0.5, 0.6) is 0 Å². The highest BCUT2D eigenvalue weighted by molar-refractivity contribution is 5.91. The summed E-state index contributed by atoms with van der Waals surface area (Å²) in [5, 5.41) is 15.6. The molecule has 0 spiro atoms. The van der Waals surface area contributed by atoms with Crippen molar-refractivity contribution in [1.29, 1.82) is 0 Å². The molecule has 6 heteroatoms. The summed E-state index contributed by atoms with van der Waals surface area (Å²) in [6.07, 6.45) is 6.50. The molecule has 0 saturated heterocycles. The van der Waals surface area contributed by atoms with Gasteiger partial charge in [0.1, 0.15) is 0 Å². The first kappa shape index (κ1) is 13.4. The first-order valence-corrected chi connectivity index (χ1v) is 5.22. The van der Waals surface area contributed by atoms with Crippen LogP contribution in [0, 0.1) is 0 Å². The predicted molar refractivity (Wildman–Crippen MR) is 63.1 cm³/mol. The molecule has 0 saturated carbocycles. The van der Waals surface area contributed by atoms with E-state index in [1.807, 2.05) is 0 Å². The van der Waals surface area contributed by atoms with Crippen molar-refractivity contribution in [3.05, 3.63) is 24.0 Å². The lowest BCUT2D eigenvalue weighted by Gasteiger charge is -2.13. The number of hydrogen-bond donors (Lipinski definition) is 2. The van der Waals surface area contributed by atoms with Crippen LogP contribution in [0.4, 0.5) is 0 Å². The lowest BCUT2D eigenvalue weighted by atomic mass is 10.3. The number of nitrogens with one attached hydrogen (secondary N) is 1. The fourth-order valence-corrected chi connectivity index (χ4v) is 1.29. The smallest absolute Gasteiger partial charge is 0.244 e. The second-order valence-electron chi connectivity index (χ2n) is 3.62. The van der Waals surface area contributed by atoms with Crippen LogP contribution in [-0.4, -0.2) is 47.2 Å². The van der Waals surface area contributed by atoms with Gasteiger partial charge in [-0.05, 0) is 6.08 Å². The van der Waals surface area contributed by atoms with E-state index in [0.29, 0.717) is 0 Å². The Morgan fingerprint density at radius 2 is 2.53 bits per heavy atom. The molecule has 1 aromatic heterocycles. The largest absolute Gasteiger partial charge is 0.394 e. The van der Waals surface area contributed by atoms with Gasteiger partial charge in [-0.25, -0.2) is 0 Å². The van der Waals surface area contributed by atoms with Crippen LogP contribution in [0.2, 0.25) is 0 Å². The summed E-state index contributed by atoms with van der Waals surface area (Å²) < 4.78 is 6.50. The molecule has 1 unspecified atom stereocenters. The average molecular weight is 239 g/mol. The van der Waals surface area contributed by atoms with Gasteiger partial charge in [-0.15, -0.1) is 0 Å². The second-order valence-corrected chi connectivity index (χ2v) is 3.62. The van der Waals surface area contributed by atoms with Gasteiger partial charge in [-0.2, -0.15) is 5.10 Å². The van der Waals surface area contributed by atoms with E-state index in [2.05, 4.69) is 10.4 Å². The van der Waals surface area contributed by atoms with Crippen LogP contribution < -0.4 is 5.32 Å². The van der Waals surface area contributed by atoms with Crippen LogP contribution in [0.3, 0.4) is 0 Å². The van der Waals surface area contributed by atoms with Gasteiger partial charge in [-0.1, -0.05) is 0 Å². The second kappa shape index (κ2) is 6.82. The van der Waals surface area contributed by atoms with Gasteiger partial charge >= 0.3 is 0 Å². The first-order valence-electron chi connectivity index (χ1n) is 5.22. The molecule has 1 rings (SSSR count). The molecule has 0 aliphatic carbocycles. The molecule has 0 aliphatic rings. The van der Waals surface area contributed by atoms with Crippen molar-refractivity contribution in [2.24, 2.45) is 7.05 Å². The fraction of sp³-hybridized carbons (Fsp3) is 0.455. The summed E-state index contributed by atoms with van der Waals surface area (Å²) >= 11 is 0. The zero-order valence-electron chi connectivity index (χ0n) is 9.96. The van der Waals surface area contributed by atoms with Gasteiger partial charge in [0.15, 0.2) is 0 Å². The molecule has 0 aliphatic heterocycles. The summed E-state index contributed by atoms with van der Waals surface area (Å²) in [5.74, 6) is -0.273. The van der Waals surface area contributed by atoms with Crippen molar-refractivity contribution in [2.45, 2.75) is 6.04 Å². The standard InChI is InChI=1S/C11H17N3O3/c1-14-6-9(5-12-14)3-4-11(16)13-10(7-15)8-17-2/h3-6,10,15H,7-8H2,1-2H3,(H,13,16)/b4-3+. The Bertz CT molecular complexity index is 387. The Labute approximate surface area is 99.9 Å². The third-order valence-electron chi connectivity index (χ3n) is 2.09. The van der Waals surface area contributed by atoms with Crippen molar-refractivity contribution in [3.63, 3.8) is 0 Å². The van der Waals surface area contributed by atoms with Crippen LogP contribution in [0.1, 0.15) is 5.56 Å². The minimum atomic E-state index is -0.383. The number of aromatic nitrogens is 2. The maximum Gasteiger partial charge on any atom is 0.244 e. The molecule has 94 valence electrons. The highest BCUT2D eigenvalue weighted by atomic mass is 16.5. The van der Waals surface area contributed by atoms with E-state index in [1.165, 1.54) is 13.2 Å². The number of aliphatic hydroxyl groups is 1. The normalized spacial score (nSPS) is 12.9. The van der Waals surface area contributed by atoms with Gasteiger partial charge in [0.05, 0.1) is 25.5 Å². The molecule has 2 N–H and O–H groups in total. The first-order chi connectivity index (χ1) is 8.15. The lowest BCUT2D eigenvalue weighted by Crippen LogP contribution is -2.39. The summed E-state index contributed by atoms with van der Waals surface area (Å²) in [6, 6.07) is -0.383. The number of hydrogen-bond acceptors (Lipinski definition) is 4. The van der Waals surface area contributed by atoms with Gasteiger partial charge < -0.3 is 15.2 Å². The Hall–Kier alpha value is -1.66. The Morgan fingerprint density at radius 1 is 1.76 bits per heavy atom. The number of rotatable bonds is 6. The highest BCUT2D eigenvalue weighted by Gasteiger charge is 2.08. The van der Waals surface area contributed by atoms with Crippen LogP contribution in [0.15, 0.2) is 18.5 Å². The van der Waals surface area contributed by atoms with E-state index < -0.39 is 0 Å². The van der Waals surface area contributed by atoms with Crippen LogP contribution in [0.25, 0.3) is 6.08 Å². The third kappa shape index (κ3) is 4.80. The Kier molecular flexibility index (Phi) is 5.38. The van der Waals surface area contributed by atoms with Crippen molar-refractivity contribution in [1.82, 2.24) is 15.1 Å². The number of aryl methyl sites for hydroxylation is 1. The topological polar surface area (TPSA) is 76.4 Å². The van der Waals surface area contributed by atoms with E-state index >= 15 is 0 Å². The SMILES string of the molecule is COCC(CO)NC(=O)/C=C/c1cnn(C)c1. The van der Waals surface area contributed by atoms with Crippen molar-refractivity contribution >= 4 is 12.0 Å². The van der Waals surface area contributed by atoms with Gasteiger partial charge in [0.25, 0.3) is 0 Å². The zero-order valence-corrected chi connectivity index (χ0v) is 9.96. The van der Waals surface area contributed by atoms with E-state index in [9.17, 15) is 4.79 Å². The van der Waals surface area contributed by atoms with E-state index in [-0.39, 0.29) is 25.2 Å². The molecule has 6 nitrogen and oxygen atoms in total. The molecular weight excluding hydrogens is 222 g/mol. The number of carbonyl (C=O) groups is 1. The fourth-order valence-electron chi connectivity index (χ4n) is 1.29. The Morgan fingerprint density at radius 3 is 3.06 bits per heavy atom. The monoisotopic (exact) mass is 239 g/mol. The van der Waals surface area contributed by atoms with Gasteiger partial charge in [0.2, 0.25) is 5.91 Å². The predicted octanol–water partition coefficient (Wildman–Crippen LogP) is -0.443. The molecule has 1 amide bonds.